The van der Waals surface area contributed by atoms with Crippen molar-refractivity contribution in [1.82, 2.24) is 0 Å². The average Bonchev–Trinajstić information content (AvgIpc) is 2.19. The molecule has 0 aliphatic carbocycles. The third-order valence-electron chi connectivity index (χ3n) is 2.43. The van der Waals surface area contributed by atoms with Gasteiger partial charge in [0.15, 0.2) is 0 Å². The van der Waals surface area contributed by atoms with E-state index in [9.17, 15) is 0 Å². The van der Waals surface area contributed by atoms with Crippen molar-refractivity contribution in [2.75, 3.05) is 0 Å². The lowest BCUT2D eigenvalue weighted by Crippen LogP contribution is -2.10. The second kappa shape index (κ2) is 6.62. The summed E-state index contributed by atoms with van der Waals surface area (Å²) >= 11 is 0. The Hall–Kier alpha value is -0.820. The number of benzene rings is 1. The van der Waals surface area contributed by atoms with Crippen molar-refractivity contribution >= 4 is 0 Å². The normalized spacial score (nSPS) is 12.0. The molecule has 1 aromatic rings. The molecule has 0 bridgehead atoms. The quantitative estimate of drug-likeness (QED) is 0.774. The fourth-order valence-electron chi connectivity index (χ4n) is 1.89. The summed E-state index contributed by atoms with van der Waals surface area (Å²) in [6.07, 6.45) is 0. The summed E-state index contributed by atoms with van der Waals surface area (Å²) in [6, 6.07) is 6.51. The number of nitrogens with two attached hydrogens (primary N) is 1. The summed E-state index contributed by atoms with van der Waals surface area (Å²) in [5.41, 5.74) is 9.97. The van der Waals surface area contributed by atoms with Crippen LogP contribution in [0.4, 0.5) is 0 Å². The molecule has 0 heterocycles. The Kier molecular flexibility index (Phi) is 6.26. The molecule has 1 rings (SSSR count). The van der Waals surface area contributed by atoms with E-state index in [1.807, 2.05) is 20.8 Å². The Morgan fingerprint density at radius 1 is 1.07 bits per heavy atom. The van der Waals surface area contributed by atoms with Crippen LogP contribution in [0.2, 0.25) is 0 Å². The molecule has 0 radical (unpaired) electrons. The van der Waals surface area contributed by atoms with Crippen LogP contribution >= 0.6 is 0 Å². The predicted octanol–water partition coefficient (Wildman–Crippen LogP) is 4.16. The van der Waals surface area contributed by atoms with Crippen molar-refractivity contribution in [3.8, 4) is 0 Å². The molecule has 1 unspecified atom stereocenters. The van der Waals surface area contributed by atoms with Crippen molar-refractivity contribution < 1.29 is 0 Å². The fraction of sp³-hybridized carbons (Fsp3) is 0.571. The molecule has 86 valence electrons. The average molecular weight is 207 g/mol. The molecule has 0 saturated carbocycles. The number of hydrogen-bond acceptors (Lipinski definition) is 1. The van der Waals surface area contributed by atoms with Crippen LogP contribution in [-0.4, -0.2) is 0 Å². The minimum absolute atomic E-state index is 0.136. The number of rotatable bonds is 2. The Morgan fingerprint density at radius 2 is 1.60 bits per heavy atom. The first-order valence-electron chi connectivity index (χ1n) is 5.89. The molecule has 1 aromatic carbocycles. The topological polar surface area (TPSA) is 26.0 Å². The molecule has 1 atom stereocenters. The summed E-state index contributed by atoms with van der Waals surface area (Å²) in [4.78, 5) is 0. The van der Waals surface area contributed by atoms with Gasteiger partial charge in [0.05, 0.1) is 0 Å². The lowest BCUT2D eigenvalue weighted by molar-refractivity contribution is 0.760. The van der Waals surface area contributed by atoms with E-state index >= 15 is 0 Å². The van der Waals surface area contributed by atoms with Gasteiger partial charge in [-0.05, 0) is 36.5 Å². The van der Waals surface area contributed by atoms with E-state index < -0.39 is 0 Å². The molecular formula is C14H25N. The van der Waals surface area contributed by atoms with Crippen molar-refractivity contribution in [2.45, 2.75) is 53.5 Å². The van der Waals surface area contributed by atoms with E-state index in [-0.39, 0.29) is 6.04 Å². The lowest BCUT2D eigenvalue weighted by atomic mass is 9.90. The van der Waals surface area contributed by atoms with E-state index in [4.69, 9.17) is 5.73 Å². The van der Waals surface area contributed by atoms with Crippen molar-refractivity contribution in [1.29, 1.82) is 0 Å². The van der Waals surface area contributed by atoms with E-state index in [0.29, 0.717) is 5.92 Å². The zero-order valence-corrected chi connectivity index (χ0v) is 11.0. The number of hydrogen-bond donors (Lipinski definition) is 1. The van der Waals surface area contributed by atoms with Gasteiger partial charge in [0.2, 0.25) is 0 Å². The molecule has 0 saturated heterocycles. The Labute approximate surface area is 94.7 Å². The molecule has 2 N–H and O–H groups in total. The van der Waals surface area contributed by atoms with Gasteiger partial charge in [-0.2, -0.15) is 0 Å². The van der Waals surface area contributed by atoms with E-state index in [1.54, 1.807) is 0 Å². The Balaban J connectivity index is 0.000000921. The minimum Gasteiger partial charge on any atom is -0.324 e. The monoisotopic (exact) mass is 207 g/mol. The van der Waals surface area contributed by atoms with Crippen molar-refractivity contribution in [2.24, 2.45) is 5.73 Å². The molecule has 15 heavy (non-hydrogen) atoms. The maximum absolute atomic E-state index is 5.92. The number of aryl methyl sites for hydroxylation is 1. The van der Waals surface area contributed by atoms with Crippen LogP contribution in [0.25, 0.3) is 0 Å². The van der Waals surface area contributed by atoms with Crippen molar-refractivity contribution in [3.05, 3.63) is 34.9 Å². The lowest BCUT2D eigenvalue weighted by Gasteiger charge is -2.18. The molecule has 0 fully saturated rings. The zero-order chi connectivity index (χ0) is 12.0. The molecule has 0 amide bonds. The van der Waals surface area contributed by atoms with Gasteiger partial charge in [0.1, 0.15) is 0 Å². The smallest absolute Gasteiger partial charge is 0.0269 e. The van der Waals surface area contributed by atoms with Gasteiger partial charge in [0, 0.05) is 6.04 Å². The van der Waals surface area contributed by atoms with Crippen LogP contribution in [0.1, 0.15) is 63.3 Å². The molecule has 0 aliphatic rings. The summed E-state index contributed by atoms with van der Waals surface area (Å²) < 4.78 is 0. The van der Waals surface area contributed by atoms with E-state index in [2.05, 4.69) is 39.0 Å². The highest BCUT2D eigenvalue weighted by Crippen LogP contribution is 2.26. The van der Waals surface area contributed by atoms with Crippen LogP contribution in [0.3, 0.4) is 0 Å². The van der Waals surface area contributed by atoms with Gasteiger partial charge in [0.25, 0.3) is 0 Å². The first kappa shape index (κ1) is 14.2. The molecule has 0 spiro atoms. The Morgan fingerprint density at radius 3 is 1.93 bits per heavy atom. The molecular weight excluding hydrogens is 182 g/mol. The third-order valence-corrected chi connectivity index (χ3v) is 2.43. The fourth-order valence-corrected chi connectivity index (χ4v) is 1.89. The van der Waals surface area contributed by atoms with Crippen LogP contribution in [0.5, 0.6) is 0 Å². The van der Waals surface area contributed by atoms with Crippen molar-refractivity contribution in [3.63, 3.8) is 0 Å². The van der Waals surface area contributed by atoms with Gasteiger partial charge in [-0.3, -0.25) is 0 Å². The van der Waals surface area contributed by atoms with Gasteiger partial charge in [-0.15, -0.1) is 0 Å². The van der Waals surface area contributed by atoms with Crippen LogP contribution in [-0.2, 0) is 0 Å². The van der Waals surface area contributed by atoms with Gasteiger partial charge < -0.3 is 5.73 Å². The van der Waals surface area contributed by atoms with Gasteiger partial charge >= 0.3 is 0 Å². The maximum atomic E-state index is 5.92. The highest BCUT2D eigenvalue weighted by Gasteiger charge is 2.11. The second-order valence-electron chi connectivity index (χ2n) is 4.02. The SMILES string of the molecule is CC.Cc1cccc(C(C)N)c1C(C)C. The van der Waals surface area contributed by atoms with Crippen LogP contribution in [0.15, 0.2) is 18.2 Å². The minimum atomic E-state index is 0.136. The first-order valence-corrected chi connectivity index (χ1v) is 5.89. The molecule has 0 aliphatic heterocycles. The molecule has 1 heteroatoms. The van der Waals surface area contributed by atoms with Gasteiger partial charge in [-0.25, -0.2) is 0 Å². The third kappa shape index (κ3) is 3.67. The highest BCUT2D eigenvalue weighted by molar-refractivity contribution is 5.38. The van der Waals surface area contributed by atoms with Crippen LogP contribution in [0, 0.1) is 6.92 Å². The Bertz CT molecular complexity index is 287. The highest BCUT2D eigenvalue weighted by atomic mass is 14.6. The largest absolute Gasteiger partial charge is 0.324 e. The molecule has 1 nitrogen and oxygen atoms in total. The second-order valence-corrected chi connectivity index (χ2v) is 4.02. The molecule has 0 aromatic heterocycles. The summed E-state index contributed by atoms with van der Waals surface area (Å²) in [7, 11) is 0. The predicted molar refractivity (Wildman–Crippen MR) is 69.2 cm³/mol. The maximum Gasteiger partial charge on any atom is 0.0269 e. The van der Waals surface area contributed by atoms with Gasteiger partial charge in [-0.1, -0.05) is 45.9 Å². The standard InChI is InChI=1S/C12H19N.C2H6/c1-8(2)12-9(3)6-5-7-11(12)10(4)13;1-2/h5-8,10H,13H2,1-4H3;1-2H3. The summed E-state index contributed by atoms with van der Waals surface area (Å²) in [5.74, 6) is 0.558. The summed E-state index contributed by atoms with van der Waals surface area (Å²) in [5, 5.41) is 0. The van der Waals surface area contributed by atoms with E-state index in [1.165, 1.54) is 16.7 Å². The van der Waals surface area contributed by atoms with E-state index in [0.717, 1.165) is 0 Å². The first-order chi connectivity index (χ1) is 7.04. The zero-order valence-electron chi connectivity index (χ0n) is 11.0. The summed E-state index contributed by atoms with van der Waals surface area (Å²) in [6.45, 7) is 12.6. The van der Waals surface area contributed by atoms with Crippen LogP contribution < -0.4 is 5.73 Å².